The first-order valence-electron chi connectivity index (χ1n) is 5.57. The Kier molecular flexibility index (Phi) is 3.33. The molecule has 1 aromatic heterocycles. The van der Waals surface area contributed by atoms with E-state index in [9.17, 15) is 0 Å². The van der Waals surface area contributed by atoms with Crippen LogP contribution in [0.5, 0.6) is 0 Å². The second-order valence-electron chi connectivity index (χ2n) is 3.89. The van der Waals surface area contributed by atoms with Gasteiger partial charge in [0.25, 0.3) is 0 Å². The highest BCUT2D eigenvalue weighted by Crippen LogP contribution is 2.36. The summed E-state index contributed by atoms with van der Waals surface area (Å²) in [7, 11) is 0. The van der Waals surface area contributed by atoms with Crippen LogP contribution >= 0.6 is 0 Å². The molecule has 15 heavy (non-hydrogen) atoms. The molecule has 1 aliphatic carbocycles. The Labute approximate surface area is 89.6 Å². The third-order valence-corrected chi connectivity index (χ3v) is 2.51. The van der Waals surface area contributed by atoms with Gasteiger partial charge in [-0.1, -0.05) is 6.92 Å². The molecule has 1 fully saturated rings. The highest BCUT2D eigenvalue weighted by atomic mass is 16.5. The second kappa shape index (κ2) is 4.72. The Morgan fingerprint density at radius 3 is 2.73 bits per heavy atom. The maximum atomic E-state index is 5.62. The largest absolute Gasteiger partial charge is 0.373 e. The minimum Gasteiger partial charge on any atom is -0.373 e. The Hall–Kier alpha value is -0.940. The molecule has 0 saturated heterocycles. The van der Waals surface area contributed by atoms with Gasteiger partial charge in [-0.05, 0) is 19.3 Å². The van der Waals surface area contributed by atoms with Crippen LogP contribution in [0.2, 0.25) is 0 Å². The lowest BCUT2D eigenvalue weighted by molar-refractivity contribution is 0.113. The molecule has 5 nitrogen and oxygen atoms in total. The molecule has 2 rings (SSSR count). The Balaban J connectivity index is 2.05. The molecule has 1 saturated carbocycles. The van der Waals surface area contributed by atoms with Crippen LogP contribution in [-0.4, -0.2) is 21.4 Å². The molecule has 0 radical (unpaired) electrons. The number of aromatic nitrogens is 3. The van der Waals surface area contributed by atoms with Gasteiger partial charge in [-0.15, -0.1) is 10.2 Å². The van der Waals surface area contributed by atoms with Gasteiger partial charge >= 0.3 is 0 Å². The van der Waals surface area contributed by atoms with Gasteiger partial charge < -0.3 is 15.0 Å². The predicted molar refractivity (Wildman–Crippen MR) is 56.1 cm³/mol. The maximum Gasteiger partial charge on any atom is 0.159 e. The van der Waals surface area contributed by atoms with E-state index in [0.717, 1.165) is 24.7 Å². The Morgan fingerprint density at radius 1 is 1.40 bits per heavy atom. The number of hydrogen-bond acceptors (Lipinski definition) is 4. The summed E-state index contributed by atoms with van der Waals surface area (Å²) < 4.78 is 7.63. The van der Waals surface area contributed by atoms with E-state index >= 15 is 0 Å². The van der Waals surface area contributed by atoms with Crippen LogP contribution in [0, 0.1) is 0 Å². The van der Waals surface area contributed by atoms with Crippen LogP contribution in [0.4, 0.5) is 0 Å². The van der Waals surface area contributed by atoms with Crippen molar-refractivity contribution in [2.45, 2.75) is 45.4 Å². The molecule has 1 heterocycles. The zero-order chi connectivity index (χ0) is 10.7. The van der Waals surface area contributed by atoms with Gasteiger partial charge in [0.1, 0.15) is 12.4 Å². The SMILES string of the molecule is CCCOCc1nnc(CN)n1C1CC1. The molecule has 1 aliphatic rings. The van der Waals surface area contributed by atoms with Gasteiger partial charge in [0, 0.05) is 12.6 Å². The molecule has 5 heteroatoms. The zero-order valence-electron chi connectivity index (χ0n) is 9.15. The van der Waals surface area contributed by atoms with Crippen molar-refractivity contribution in [1.29, 1.82) is 0 Å². The molecular weight excluding hydrogens is 192 g/mol. The summed E-state index contributed by atoms with van der Waals surface area (Å²) in [6.07, 6.45) is 3.46. The molecule has 0 spiro atoms. The fourth-order valence-corrected chi connectivity index (χ4v) is 1.66. The van der Waals surface area contributed by atoms with E-state index in [4.69, 9.17) is 10.5 Å². The van der Waals surface area contributed by atoms with E-state index in [2.05, 4.69) is 21.7 Å². The summed E-state index contributed by atoms with van der Waals surface area (Å²) in [5.74, 6) is 1.80. The van der Waals surface area contributed by atoms with E-state index in [0.29, 0.717) is 19.2 Å². The van der Waals surface area contributed by atoms with Crippen LogP contribution in [-0.2, 0) is 17.9 Å². The summed E-state index contributed by atoms with van der Waals surface area (Å²) >= 11 is 0. The van der Waals surface area contributed by atoms with Gasteiger partial charge in [-0.2, -0.15) is 0 Å². The maximum absolute atomic E-state index is 5.62. The van der Waals surface area contributed by atoms with E-state index < -0.39 is 0 Å². The van der Waals surface area contributed by atoms with Crippen LogP contribution < -0.4 is 5.73 Å². The first kappa shape index (κ1) is 10.6. The number of rotatable bonds is 6. The van der Waals surface area contributed by atoms with E-state index in [1.807, 2.05) is 0 Å². The molecule has 0 amide bonds. The summed E-state index contributed by atoms with van der Waals surface area (Å²) in [6.45, 7) is 3.88. The van der Waals surface area contributed by atoms with E-state index in [1.54, 1.807) is 0 Å². The van der Waals surface area contributed by atoms with Crippen LogP contribution in [0.3, 0.4) is 0 Å². The number of nitrogens with zero attached hydrogens (tertiary/aromatic N) is 3. The molecule has 84 valence electrons. The lowest BCUT2D eigenvalue weighted by atomic mass is 10.5. The fraction of sp³-hybridized carbons (Fsp3) is 0.800. The monoisotopic (exact) mass is 210 g/mol. The number of hydrogen-bond donors (Lipinski definition) is 1. The van der Waals surface area contributed by atoms with Crippen molar-refractivity contribution in [3.8, 4) is 0 Å². The summed E-state index contributed by atoms with van der Waals surface area (Å²) in [5, 5.41) is 8.21. The molecule has 0 bridgehead atoms. The molecule has 0 atom stereocenters. The first-order valence-corrected chi connectivity index (χ1v) is 5.57. The van der Waals surface area contributed by atoms with Crippen molar-refractivity contribution in [3.63, 3.8) is 0 Å². The van der Waals surface area contributed by atoms with Crippen molar-refractivity contribution in [3.05, 3.63) is 11.6 Å². The molecule has 0 aliphatic heterocycles. The first-order chi connectivity index (χ1) is 7.36. The highest BCUT2D eigenvalue weighted by Gasteiger charge is 2.28. The summed E-state index contributed by atoms with van der Waals surface area (Å²) in [4.78, 5) is 0. The average molecular weight is 210 g/mol. The highest BCUT2D eigenvalue weighted by molar-refractivity contribution is 5.01. The third kappa shape index (κ3) is 2.35. The summed E-state index contributed by atoms with van der Waals surface area (Å²) in [5.41, 5.74) is 5.62. The zero-order valence-corrected chi connectivity index (χ0v) is 9.15. The van der Waals surface area contributed by atoms with Gasteiger partial charge in [-0.25, -0.2) is 0 Å². The fourth-order valence-electron chi connectivity index (χ4n) is 1.66. The summed E-state index contributed by atoms with van der Waals surface area (Å²) in [6, 6.07) is 0.568. The van der Waals surface area contributed by atoms with Crippen molar-refractivity contribution in [2.24, 2.45) is 5.73 Å². The topological polar surface area (TPSA) is 66.0 Å². The van der Waals surface area contributed by atoms with Gasteiger partial charge in [0.15, 0.2) is 5.82 Å². The van der Waals surface area contributed by atoms with Gasteiger partial charge in [0.05, 0.1) is 6.54 Å². The molecule has 0 unspecified atom stereocenters. The standard InChI is InChI=1S/C10H18N4O/c1-2-5-15-7-10-13-12-9(6-11)14(10)8-3-4-8/h8H,2-7,11H2,1H3. The minimum absolute atomic E-state index is 0.456. The van der Waals surface area contributed by atoms with Crippen molar-refractivity contribution in [2.75, 3.05) is 6.61 Å². The number of nitrogens with two attached hydrogens (primary N) is 1. The molecule has 2 N–H and O–H groups in total. The van der Waals surface area contributed by atoms with Crippen LogP contribution in [0.15, 0.2) is 0 Å². The van der Waals surface area contributed by atoms with Crippen LogP contribution in [0.1, 0.15) is 43.9 Å². The lowest BCUT2D eigenvalue weighted by Crippen LogP contribution is -2.10. The minimum atomic E-state index is 0.456. The molecule has 0 aromatic carbocycles. The average Bonchev–Trinajstić information content (AvgIpc) is 3.00. The van der Waals surface area contributed by atoms with Crippen LogP contribution in [0.25, 0.3) is 0 Å². The lowest BCUT2D eigenvalue weighted by Gasteiger charge is -2.07. The van der Waals surface area contributed by atoms with Gasteiger partial charge in [0.2, 0.25) is 0 Å². The quantitative estimate of drug-likeness (QED) is 0.711. The second-order valence-corrected chi connectivity index (χ2v) is 3.89. The van der Waals surface area contributed by atoms with Crippen molar-refractivity contribution < 1.29 is 4.74 Å². The molecule has 1 aromatic rings. The molecular formula is C10H18N4O. The normalized spacial score (nSPS) is 15.9. The Morgan fingerprint density at radius 2 is 2.13 bits per heavy atom. The van der Waals surface area contributed by atoms with Crippen molar-refractivity contribution >= 4 is 0 Å². The van der Waals surface area contributed by atoms with E-state index in [-0.39, 0.29) is 0 Å². The van der Waals surface area contributed by atoms with Crippen molar-refractivity contribution in [1.82, 2.24) is 14.8 Å². The van der Waals surface area contributed by atoms with E-state index in [1.165, 1.54) is 12.8 Å². The Bertz CT molecular complexity index is 319. The predicted octanol–water partition coefficient (Wildman–Crippen LogP) is 0.998. The smallest absolute Gasteiger partial charge is 0.159 e. The number of ether oxygens (including phenoxy) is 1. The third-order valence-electron chi connectivity index (χ3n) is 2.51. The van der Waals surface area contributed by atoms with Gasteiger partial charge in [-0.3, -0.25) is 0 Å².